The van der Waals surface area contributed by atoms with Gasteiger partial charge in [-0.1, -0.05) is 17.7 Å². The molecule has 18 heavy (non-hydrogen) atoms. The molecular formula is C13H14ClN3O. The van der Waals surface area contributed by atoms with E-state index in [1.165, 1.54) is 0 Å². The molecule has 1 heterocycles. The first-order valence-corrected chi connectivity index (χ1v) is 5.81. The maximum atomic E-state index is 5.97. The molecule has 0 fully saturated rings. The number of hydrogen-bond acceptors (Lipinski definition) is 4. The fraction of sp³-hybridized carbons (Fsp3) is 0.154. The minimum atomic E-state index is 0.506. The van der Waals surface area contributed by atoms with Crippen molar-refractivity contribution < 1.29 is 4.74 Å². The number of methoxy groups -OCH3 is 1. The number of nitrogen functional groups attached to an aromatic ring is 1. The molecule has 0 saturated heterocycles. The Morgan fingerprint density at radius 1 is 1.28 bits per heavy atom. The SMILES string of the molecule is COc1ccc(N)c(Nc2cc(Cl)ccc2C)n1. The van der Waals surface area contributed by atoms with Crippen molar-refractivity contribution in [2.45, 2.75) is 6.92 Å². The number of ether oxygens (including phenoxy) is 1. The summed E-state index contributed by atoms with van der Waals surface area (Å²) in [5, 5.41) is 3.81. The molecule has 0 aliphatic carbocycles. The van der Waals surface area contributed by atoms with E-state index in [9.17, 15) is 0 Å². The lowest BCUT2D eigenvalue weighted by Gasteiger charge is -2.12. The maximum Gasteiger partial charge on any atom is 0.215 e. The monoisotopic (exact) mass is 263 g/mol. The standard InChI is InChI=1S/C13H14ClN3O/c1-8-3-4-9(14)7-11(8)16-13-10(15)5-6-12(17-13)18-2/h3-7H,15H2,1-2H3,(H,16,17). The Morgan fingerprint density at radius 2 is 2.06 bits per heavy atom. The first-order valence-electron chi connectivity index (χ1n) is 5.44. The van der Waals surface area contributed by atoms with Gasteiger partial charge in [-0.2, -0.15) is 4.98 Å². The van der Waals surface area contributed by atoms with Gasteiger partial charge in [-0.15, -0.1) is 0 Å². The van der Waals surface area contributed by atoms with Gasteiger partial charge in [0.05, 0.1) is 12.8 Å². The molecule has 0 aliphatic rings. The second-order valence-corrected chi connectivity index (χ2v) is 4.31. The van der Waals surface area contributed by atoms with Crippen LogP contribution in [0, 0.1) is 6.92 Å². The number of hydrogen-bond donors (Lipinski definition) is 2. The predicted molar refractivity (Wildman–Crippen MR) is 74.7 cm³/mol. The highest BCUT2D eigenvalue weighted by Crippen LogP contribution is 2.27. The topological polar surface area (TPSA) is 60.2 Å². The molecular weight excluding hydrogens is 250 g/mol. The number of pyridine rings is 1. The Morgan fingerprint density at radius 3 is 2.78 bits per heavy atom. The van der Waals surface area contributed by atoms with Crippen LogP contribution in [0.2, 0.25) is 5.02 Å². The van der Waals surface area contributed by atoms with Gasteiger partial charge in [0, 0.05) is 16.8 Å². The van der Waals surface area contributed by atoms with Crippen LogP contribution in [0.3, 0.4) is 0 Å². The molecule has 0 spiro atoms. The zero-order chi connectivity index (χ0) is 13.1. The molecule has 0 saturated carbocycles. The number of benzene rings is 1. The van der Waals surface area contributed by atoms with E-state index >= 15 is 0 Å². The summed E-state index contributed by atoms with van der Waals surface area (Å²) < 4.78 is 5.07. The van der Waals surface area contributed by atoms with E-state index in [0.29, 0.717) is 22.4 Å². The maximum absolute atomic E-state index is 5.97. The van der Waals surface area contributed by atoms with Gasteiger partial charge in [0.15, 0.2) is 5.82 Å². The zero-order valence-corrected chi connectivity index (χ0v) is 11.0. The number of anilines is 3. The molecule has 5 heteroatoms. The molecule has 4 nitrogen and oxygen atoms in total. The number of aryl methyl sites for hydroxylation is 1. The lowest BCUT2D eigenvalue weighted by molar-refractivity contribution is 0.398. The minimum Gasteiger partial charge on any atom is -0.481 e. The summed E-state index contributed by atoms with van der Waals surface area (Å²) in [6.45, 7) is 1.98. The number of rotatable bonds is 3. The van der Waals surface area contributed by atoms with Crippen molar-refractivity contribution in [1.82, 2.24) is 4.98 Å². The first kappa shape index (κ1) is 12.5. The molecule has 0 bridgehead atoms. The summed E-state index contributed by atoms with van der Waals surface area (Å²) in [5.74, 6) is 1.06. The van der Waals surface area contributed by atoms with E-state index in [2.05, 4.69) is 10.3 Å². The number of aromatic nitrogens is 1. The average molecular weight is 264 g/mol. The molecule has 94 valence electrons. The number of nitrogens with one attached hydrogen (secondary N) is 1. The van der Waals surface area contributed by atoms with Crippen LogP contribution >= 0.6 is 11.6 Å². The molecule has 1 aromatic carbocycles. The molecule has 1 aromatic heterocycles. The summed E-state index contributed by atoms with van der Waals surface area (Å²) >= 11 is 5.97. The van der Waals surface area contributed by atoms with E-state index in [1.807, 2.05) is 25.1 Å². The zero-order valence-electron chi connectivity index (χ0n) is 10.2. The first-order chi connectivity index (χ1) is 8.60. The lowest BCUT2D eigenvalue weighted by atomic mass is 10.2. The highest BCUT2D eigenvalue weighted by molar-refractivity contribution is 6.30. The third-order valence-electron chi connectivity index (χ3n) is 2.56. The van der Waals surface area contributed by atoms with Crippen molar-refractivity contribution in [3.05, 3.63) is 40.9 Å². The highest BCUT2D eigenvalue weighted by atomic mass is 35.5. The van der Waals surface area contributed by atoms with Crippen molar-refractivity contribution in [2.75, 3.05) is 18.2 Å². The van der Waals surface area contributed by atoms with Gasteiger partial charge < -0.3 is 15.8 Å². The number of nitrogens with two attached hydrogens (primary N) is 1. The van der Waals surface area contributed by atoms with Gasteiger partial charge in [0.25, 0.3) is 0 Å². The third-order valence-corrected chi connectivity index (χ3v) is 2.80. The Labute approximate surface area is 111 Å². The summed E-state index contributed by atoms with van der Waals surface area (Å²) in [4.78, 5) is 4.26. The Kier molecular flexibility index (Phi) is 3.58. The van der Waals surface area contributed by atoms with Crippen LogP contribution < -0.4 is 15.8 Å². The molecule has 0 aliphatic heterocycles. The number of halogens is 1. The van der Waals surface area contributed by atoms with Gasteiger partial charge in [0.2, 0.25) is 5.88 Å². The minimum absolute atomic E-state index is 0.506. The van der Waals surface area contributed by atoms with Crippen LogP contribution in [-0.2, 0) is 0 Å². The van der Waals surface area contributed by atoms with E-state index in [4.69, 9.17) is 22.1 Å². The van der Waals surface area contributed by atoms with Crippen LogP contribution in [0.5, 0.6) is 5.88 Å². The smallest absolute Gasteiger partial charge is 0.215 e. The molecule has 2 aromatic rings. The third kappa shape index (κ3) is 2.65. The largest absolute Gasteiger partial charge is 0.481 e. The van der Waals surface area contributed by atoms with E-state index in [-0.39, 0.29) is 0 Å². The van der Waals surface area contributed by atoms with Crippen molar-refractivity contribution in [3.63, 3.8) is 0 Å². The van der Waals surface area contributed by atoms with Crippen LogP contribution in [0.15, 0.2) is 30.3 Å². The van der Waals surface area contributed by atoms with Crippen molar-refractivity contribution in [1.29, 1.82) is 0 Å². The van der Waals surface area contributed by atoms with Crippen LogP contribution in [0.1, 0.15) is 5.56 Å². The van der Waals surface area contributed by atoms with Crippen LogP contribution in [0.25, 0.3) is 0 Å². The Hall–Kier alpha value is -1.94. The molecule has 0 unspecified atom stereocenters. The fourth-order valence-corrected chi connectivity index (χ4v) is 1.69. The summed E-state index contributed by atoms with van der Waals surface area (Å²) in [7, 11) is 1.56. The quantitative estimate of drug-likeness (QED) is 0.891. The normalized spacial score (nSPS) is 10.2. The second-order valence-electron chi connectivity index (χ2n) is 3.88. The summed E-state index contributed by atoms with van der Waals surface area (Å²) in [6.07, 6.45) is 0. The lowest BCUT2D eigenvalue weighted by Crippen LogP contribution is -2.01. The number of nitrogens with zero attached hydrogens (tertiary/aromatic N) is 1. The molecule has 0 amide bonds. The second kappa shape index (κ2) is 5.14. The highest BCUT2D eigenvalue weighted by Gasteiger charge is 2.06. The van der Waals surface area contributed by atoms with Crippen molar-refractivity contribution >= 4 is 28.8 Å². The molecule has 2 rings (SSSR count). The van der Waals surface area contributed by atoms with Crippen molar-refractivity contribution in [3.8, 4) is 5.88 Å². The molecule has 3 N–H and O–H groups in total. The van der Waals surface area contributed by atoms with Crippen LogP contribution in [0.4, 0.5) is 17.2 Å². The van der Waals surface area contributed by atoms with Gasteiger partial charge in [-0.05, 0) is 30.7 Å². The van der Waals surface area contributed by atoms with E-state index in [1.54, 1.807) is 19.2 Å². The van der Waals surface area contributed by atoms with Gasteiger partial charge in [0.1, 0.15) is 0 Å². The van der Waals surface area contributed by atoms with Crippen LogP contribution in [-0.4, -0.2) is 12.1 Å². The molecule has 0 radical (unpaired) electrons. The summed E-state index contributed by atoms with van der Waals surface area (Å²) in [5.41, 5.74) is 8.35. The van der Waals surface area contributed by atoms with Gasteiger partial charge >= 0.3 is 0 Å². The van der Waals surface area contributed by atoms with Gasteiger partial charge in [-0.25, -0.2) is 0 Å². The summed E-state index contributed by atoms with van der Waals surface area (Å²) in [6, 6.07) is 9.06. The van der Waals surface area contributed by atoms with Crippen molar-refractivity contribution in [2.24, 2.45) is 0 Å². The van der Waals surface area contributed by atoms with E-state index in [0.717, 1.165) is 11.3 Å². The fourth-order valence-electron chi connectivity index (χ4n) is 1.52. The van der Waals surface area contributed by atoms with E-state index < -0.39 is 0 Å². The Balaban J connectivity index is 2.36. The Bertz CT molecular complexity index is 572. The predicted octanol–water partition coefficient (Wildman–Crippen LogP) is 3.38. The average Bonchev–Trinajstić information content (AvgIpc) is 2.36. The van der Waals surface area contributed by atoms with Gasteiger partial charge in [-0.3, -0.25) is 0 Å². The molecule has 0 atom stereocenters.